The van der Waals surface area contributed by atoms with Gasteiger partial charge in [-0.1, -0.05) is 20.8 Å². The van der Waals surface area contributed by atoms with Gasteiger partial charge in [-0.05, 0) is 60.4 Å². The highest BCUT2D eigenvalue weighted by atomic mass is 16.5. The van der Waals surface area contributed by atoms with Crippen molar-refractivity contribution >= 4 is 5.91 Å². The molecule has 2 aliphatic rings. The Morgan fingerprint density at radius 3 is 2.56 bits per heavy atom. The molecule has 1 aromatic carbocycles. The minimum absolute atomic E-state index is 0.108. The molecule has 144 valence electrons. The number of rotatable bonds is 3. The molecule has 2 aromatic rings. The molecule has 2 unspecified atom stereocenters. The number of hydrogen-bond donors (Lipinski definition) is 0. The largest absolute Gasteiger partial charge is 0.497 e. The molecule has 1 saturated heterocycles. The molecule has 2 fully saturated rings. The smallest absolute Gasteiger partial charge is 0.272 e. The molecular formula is C22H29N3O2. The van der Waals surface area contributed by atoms with Crippen molar-refractivity contribution in [3.63, 3.8) is 0 Å². The standard InChI is InChI=1S/C22H29N3O2/c1-21(2)11-16-12-22(3,13-21)14-25(16)20(26)19-10-18(23-24(19)4)15-6-8-17(27-5)9-7-15/h6-10,16H,11-14H2,1-5H3. The van der Waals surface area contributed by atoms with Crippen LogP contribution in [0.25, 0.3) is 11.3 Å². The maximum Gasteiger partial charge on any atom is 0.272 e. The van der Waals surface area contributed by atoms with Gasteiger partial charge in [0.25, 0.3) is 5.91 Å². The maximum atomic E-state index is 13.4. The molecule has 1 aromatic heterocycles. The fourth-order valence-electron chi connectivity index (χ4n) is 5.41. The van der Waals surface area contributed by atoms with E-state index in [1.807, 2.05) is 37.4 Å². The number of fused-ring (bicyclic) bond motifs is 2. The first-order valence-electron chi connectivity index (χ1n) is 9.69. The Morgan fingerprint density at radius 2 is 1.89 bits per heavy atom. The van der Waals surface area contributed by atoms with E-state index in [1.54, 1.807) is 11.8 Å². The number of aromatic nitrogens is 2. The molecule has 4 rings (SSSR count). The molecule has 1 amide bonds. The highest BCUT2D eigenvalue weighted by Gasteiger charge is 2.51. The van der Waals surface area contributed by atoms with Gasteiger partial charge >= 0.3 is 0 Å². The van der Waals surface area contributed by atoms with Gasteiger partial charge in [-0.15, -0.1) is 0 Å². The van der Waals surface area contributed by atoms with Gasteiger partial charge in [0, 0.05) is 25.2 Å². The van der Waals surface area contributed by atoms with Crippen LogP contribution in [0.15, 0.2) is 30.3 Å². The number of hydrogen-bond acceptors (Lipinski definition) is 3. The second-order valence-corrected chi connectivity index (χ2v) is 9.41. The van der Waals surface area contributed by atoms with Gasteiger partial charge < -0.3 is 9.64 Å². The normalized spacial score (nSPS) is 26.3. The lowest BCUT2D eigenvalue weighted by molar-refractivity contribution is 0.0697. The van der Waals surface area contributed by atoms with Crippen LogP contribution in [-0.2, 0) is 7.05 Å². The summed E-state index contributed by atoms with van der Waals surface area (Å²) in [5, 5.41) is 4.59. The molecule has 0 spiro atoms. The monoisotopic (exact) mass is 367 g/mol. The Bertz CT molecular complexity index is 868. The first kappa shape index (κ1) is 18.1. The fourth-order valence-corrected chi connectivity index (χ4v) is 5.41. The average molecular weight is 367 g/mol. The molecule has 5 nitrogen and oxygen atoms in total. The van der Waals surface area contributed by atoms with E-state index in [2.05, 4.69) is 30.8 Å². The lowest BCUT2D eigenvalue weighted by atomic mass is 9.65. The topological polar surface area (TPSA) is 47.4 Å². The Labute approximate surface area is 161 Å². The number of carbonyl (C=O) groups excluding carboxylic acids is 1. The summed E-state index contributed by atoms with van der Waals surface area (Å²) in [6, 6.07) is 10.0. The Hall–Kier alpha value is -2.30. The third-order valence-corrected chi connectivity index (χ3v) is 6.16. The van der Waals surface area contributed by atoms with Crippen LogP contribution in [0.4, 0.5) is 0 Å². The molecule has 27 heavy (non-hydrogen) atoms. The number of amides is 1. The van der Waals surface area contributed by atoms with Gasteiger partial charge in [-0.3, -0.25) is 9.48 Å². The number of carbonyl (C=O) groups is 1. The fraction of sp³-hybridized carbons (Fsp3) is 0.545. The number of benzene rings is 1. The van der Waals surface area contributed by atoms with Gasteiger partial charge in [0.05, 0.1) is 12.8 Å². The van der Waals surface area contributed by atoms with E-state index < -0.39 is 0 Å². The second kappa shape index (κ2) is 6.11. The van der Waals surface area contributed by atoms with Crippen LogP contribution < -0.4 is 4.74 Å². The van der Waals surface area contributed by atoms with Crippen LogP contribution in [0.3, 0.4) is 0 Å². The Morgan fingerprint density at radius 1 is 1.19 bits per heavy atom. The number of likely N-dealkylation sites (tertiary alicyclic amines) is 1. The second-order valence-electron chi connectivity index (χ2n) is 9.41. The summed E-state index contributed by atoms with van der Waals surface area (Å²) in [4.78, 5) is 15.5. The van der Waals surface area contributed by atoms with Gasteiger partial charge in [0.1, 0.15) is 11.4 Å². The van der Waals surface area contributed by atoms with Crippen molar-refractivity contribution in [3.05, 3.63) is 36.0 Å². The highest BCUT2D eigenvalue weighted by molar-refractivity contribution is 5.94. The van der Waals surface area contributed by atoms with Crippen molar-refractivity contribution in [3.8, 4) is 17.0 Å². The average Bonchev–Trinajstić information content (AvgIpc) is 3.10. The van der Waals surface area contributed by atoms with Crippen molar-refractivity contribution in [1.82, 2.24) is 14.7 Å². The van der Waals surface area contributed by atoms with Gasteiger partial charge in [0.2, 0.25) is 0 Å². The zero-order chi connectivity index (χ0) is 19.4. The third kappa shape index (κ3) is 3.24. The number of ether oxygens (including phenoxy) is 1. The van der Waals surface area contributed by atoms with E-state index in [4.69, 9.17) is 4.74 Å². The molecule has 0 N–H and O–H groups in total. The summed E-state index contributed by atoms with van der Waals surface area (Å²) in [5.74, 6) is 0.919. The predicted octanol–water partition coefficient (Wildman–Crippen LogP) is 4.14. The minimum Gasteiger partial charge on any atom is -0.497 e. The zero-order valence-corrected chi connectivity index (χ0v) is 17.0. The van der Waals surface area contributed by atoms with Crippen molar-refractivity contribution < 1.29 is 9.53 Å². The molecule has 2 atom stereocenters. The van der Waals surface area contributed by atoms with E-state index in [-0.39, 0.29) is 11.3 Å². The first-order chi connectivity index (χ1) is 12.7. The summed E-state index contributed by atoms with van der Waals surface area (Å²) in [6.45, 7) is 7.84. The number of aryl methyl sites for hydroxylation is 1. The minimum atomic E-state index is 0.108. The third-order valence-electron chi connectivity index (χ3n) is 6.16. The van der Waals surface area contributed by atoms with Crippen LogP contribution >= 0.6 is 0 Å². The maximum absolute atomic E-state index is 13.4. The van der Waals surface area contributed by atoms with Crippen molar-refractivity contribution in [2.45, 2.75) is 46.1 Å². The Balaban J connectivity index is 1.60. The molecule has 1 aliphatic heterocycles. The van der Waals surface area contributed by atoms with Gasteiger partial charge in [-0.25, -0.2) is 0 Å². The molecule has 2 bridgehead atoms. The van der Waals surface area contributed by atoms with Crippen molar-refractivity contribution in [1.29, 1.82) is 0 Å². The van der Waals surface area contributed by atoms with E-state index in [9.17, 15) is 4.79 Å². The van der Waals surface area contributed by atoms with E-state index in [0.717, 1.165) is 36.4 Å². The Kier molecular flexibility index (Phi) is 4.09. The summed E-state index contributed by atoms with van der Waals surface area (Å²) >= 11 is 0. The van der Waals surface area contributed by atoms with Crippen molar-refractivity contribution in [2.75, 3.05) is 13.7 Å². The zero-order valence-electron chi connectivity index (χ0n) is 17.0. The molecular weight excluding hydrogens is 338 g/mol. The quantitative estimate of drug-likeness (QED) is 0.819. The van der Waals surface area contributed by atoms with E-state index in [0.29, 0.717) is 17.2 Å². The van der Waals surface area contributed by atoms with E-state index >= 15 is 0 Å². The number of methoxy groups -OCH3 is 1. The van der Waals surface area contributed by atoms with Crippen LogP contribution in [-0.4, -0.2) is 40.3 Å². The SMILES string of the molecule is COc1ccc(-c2cc(C(=O)N3CC4(C)CC3CC(C)(C)C4)n(C)n2)cc1. The van der Waals surface area contributed by atoms with Gasteiger partial charge in [0.15, 0.2) is 0 Å². The van der Waals surface area contributed by atoms with Crippen LogP contribution in [0.5, 0.6) is 5.75 Å². The molecule has 1 saturated carbocycles. The summed E-state index contributed by atoms with van der Waals surface area (Å²) in [6.07, 6.45) is 3.38. The molecule has 2 heterocycles. The van der Waals surface area contributed by atoms with E-state index in [1.165, 1.54) is 6.42 Å². The number of nitrogens with zero attached hydrogens (tertiary/aromatic N) is 3. The van der Waals surface area contributed by atoms with Crippen molar-refractivity contribution in [2.24, 2.45) is 17.9 Å². The summed E-state index contributed by atoms with van der Waals surface area (Å²) in [7, 11) is 3.51. The first-order valence-corrected chi connectivity index (χ1v) is 9.69. The van der Waals surface area contributed by atoms with Crippen LogP contribution in [0, 0.1) is 10.8 Å². The highest BCUT2D eigenvalue weighted by Crippen LogP contribution is 2.52. The lowest BCUT2D eigenvalue weighted by Gasteiger charge is -2.39. The molecule has 0 radical (unpaired) electrons. The lowest BCUT2D eigenvalue weighted by Crippen LogP contribution is -2.38. The molecule has 1 aliphatic carbocycles. The molecule has 5 heteroatoms. The van der Waals surface area contributed by atoms with Crippen LogP contribution in [0.2, 0.25) is 0 Å². The predicted molar refractivity (Wildman–Crippen MR) is 106 cm³/mol. The van der Waals surface area contributed by atoms with Crippen LogP contribution in [0.1, 0.15) is 50.5 Å². The summed E-state index contributed by atoms with van der Waals surface area (Å²) < 4.78 is 6.94. The van der Waals surface area contributed by atoms with Gasteiger partial charge in [-0.2, -0.15) is 5.10 Å². The summed E-state index contributed by atoms with van der Waals surface area (Å²) in [5.41, 5.74) is 3.00.